The standard InChI is InChI=1S/C17H18N4O4S/c1-11-5-6-18-15(7-11)20-17(23)10-26-9-16(22)19-14-4-3-13(21(24)25)8-12(14)2/h3-8H,9-10H2,1-2H3,(H,19,22)(H,18,20,23). The van der Waals surface area contributed by atoms with Crippen LogP contribution in [-0.2, 0) is 9.59 Å². The predicted molar refractivity (Wildman–Crippen MR) is 101 cm³/mol. The summed E-state index contributed by atoms with van der Waals surface area (Å²) in [5, 5.41) is 16.1. The molecule has 2 N–H and O–H groups in total. The van der Waals surface area contributed by atoms with Gasteiger partial charge < -0.3 is 10.6 Å². The highest BCUT2D eigenvalue weighted by molar-refractivity contribution is 8.00. The van der Waals surface area contributed by atoms with Gasteiger partial charge in [-0.25, -0.2) is 4.98 Å². The Labute approximate surface area is 154 Å². The lowest BCUT2D eigenvalue weighted by Gasteiger charge is -2.08. The predicted octanol–water partition coefficient (Wildman–Crippen LogP) is 2.92. The fourth-order valence-corrected chi connectivity index (χ4v) is 2.73. The number of nitro benzene ring substituents is 1. The molecule has 0 unspecified atom stereocenters. The molecule has 1 aromatic heterocycles. The third kappa shape index (κ3) is 5.85. The first-order chi connectivity index (χ1) is 12.3. The first kappa shape index (κ1) is 19.4. The molecule has 0 aliphatic rings. The van der Waals surface area contributed by atoms with Crippen LogP contribution in [0.2, 0.25) is 0 Å². The minimum Gasteiger partial charge on any atom is -0.325 e. The van der Waals surface area contributed by atoms with Gasteiger partial charge in [-0.1, -0.05) is 0 Å². The number of nitro groups is 1. The fourth-order valence-electron chi connectivity index (χ4n) is 2.11. The van der Waals surface area contributed by atoms with Crippen molar-refractivity contribution in [2.75, 3.05) is 22.1 Å². The third-order valence-corrected chi connectivity index (χ3v) is 4.28. The van der Waals surface area contributed by atoms with Crippen LogP contribution in [0.4, 0.5) is 17.2 Å². The number of non-ortho nitro benzene ring substituents is 1. The number of carbonyl (C=O) groups is 2. The summed E-state index contributed by atoms with van der Waals surface area (Å²) >= 11 is 1.17. The highest BCUT2D eigenvalue weighted by Crippen LogP contribution is 2.21. The number of pyridine rings is 1. The van der Waals surface area contributed by atoms with Crippen molar-refractivity contribution in [1.82, 2.24) is 4.98 Å². The Morgan fingerprint density at radius 1 is 1.12 bits per heavy atom. The lowest BCUT2D eigenvalue weighted by Crippen LogP contribution is -2.19. The van der Waals surface area contributed by atoms with Crippen molar-refractivity contribution in [3.63, 3.8) is 0 Å². The van der Waals surface area contributed by atoms with Crippen LogP contribution in [-0.4, -0.2) is 33.2 Å². The number of hydrogen-bond acceptors (Lipinski definition) is 6. The van der Waals surface area contributed by atoms with Crippen LogP contribution in [0.3, 0.4) is 0 Å². The second-order valence-electron chi connectivity index (χ2n) is 5.56. The summed E-state index contributed by atoms with van der Waals surface area (Å²) in [6.45, 7) is 3.58. The zero-order valence-corrected chi connectivity index (χ0v) is 15.1. The number of aromatic nitrogens is 1. The number of carbonyl (C=O) groups excluding carboxylic acids is 2. The summed E-state index contributed by atoms with van der Waals surface area (Å²) in [7, 11) is 0. The van der Waals surface area contributed by atoms with Gasteiger partial charge in [-0.3, -0.25) is 19.7 Å². The van der Waals surface area contributed by atoms with E-state index in [0.29, 0.717) is 17.1 Å². The van der Waals surface area contributed by atoms with Gasteiger partial charge in [-0.05, 0) is 43.2 Å². The van der Waals surface area contributed by atoms with Gasteiger partial charge in [0.05, 0.1) is 16.4 Å². The van der Waals surface area contributed by atoms with Crippen LogP contribution >= 0.6 is 11.8 Å². The molecule has 0 spiro atoms. The second kappa shape index (κ2) is 8.95. The highest BCUT2D eigenvalue weighted by atomic mass is 32.2. The van der Waals surface area contributed by atoms with Crippen LogP contribution in [0, 0.1) is 24.0 Å². The number of nitrogens with zero attached hydrogens (tertiary/aromatic N) is 2. The molecule has 8 nitrogen and oxygen atoms in total. The van der Waals surface area contributed by atoms with E-state index in [1.54, 1.807) is 19.2 Å². The Hall–Kier alpha value is -2.94. The third-order valence-electron chi connectivity index (χ3n) is 3.34. The van der Waals surface area contributed by atoms with Gasteiger partial charge in [0, 0.05) is 24.0 Å². The van der Waals surface area contributed by atoms with Crippen LogP contribution in [0.15, 0.2) is 36.5 Å². The Morgan fingerprint density at radius 3 is 2.42 bits per heavy atom. The number of benzene rings is 1. The van der Waals surface area contributed by atoms with E-state index in [1.165, 1.54) is 30.0 Å². The minimum atomic E-state index is -0.490. The van der Waals surface area contributed by atoms with E-state index in [4.69, 9.17) is 0 Å². The van der Waals surface area contributed by atoms with Crippen molar-refractivity contribution in [3.8, 4) is 0 Å². The van der Waals surface area contributed by atoms with Crippen molar-refractivity contribution < 1.29 is 14.5 Å². The molecule has 0 bridgehead atoms. The summed E-state index contributed by atoms with van der Waals surface area (Å²) in [6, 6.07) is 7.80. The molecule has 0 saturated heterocycles. The molecule has 2 aromatic rings. The second-order valence-corrected chi connectivity index (χ2v) is 6.55. The van der Waals surface area contributed by atoms with Crippen LogP contribution < -0.4 is 10.6 Å². The molecule has 0 saturated carbocycles. The molecule has 136 valence electrons. The number of anilines is 2. The van der Waals surface area contributed by atoms with E-state index in [1.807, 2.05) is 13.0 Å². The first-order valence-electron chi connectivity index (χ1n) is 7.70. The van der Waals surface area contributed by atoms with Gasteiger partial charge in [-0.15, -0.1) is 11.8 Å². The highest BCUT2D eigenvalue weighted by Gasteiger charge is 2.11. The summed E-state index contributed by atoms with van der Waals surface area (Å²) in [5.41, 5.74) is 2.06. The molecule has 0 aliphatic carbocycles. The van der Waals surface area contributed by atoms with Gasteiger partial charge in [0.25, 0.3) is 5.69 Å². The van der Waals surface area contributed by atoms with Gasteiger partial charge in [0.15, 0.2) is 0 Å². The monoisotopic (exact) mass is 374 g/mol. The topological polar surface area (TPSA) is 114 Å². The zero-order chi connectivity index (χ0) is 19.1. The molecule has 0 radical (unpaired) electrons. The molecular formula is C17H18N4O4S. The summed E-state index contributed by atoms with van der Waals surface area (Å²) < 4.78 is 0. The molecule has 9 heteroatoms. The summed E-state index contributed by atoms with van der Waals surface area (Å²) in [4.78, 5) is 38.1. The Morgan fingerprint density at radius 2 is 1.81 bits per heavy atom. The van der Waals surface area contributed by atoms with Crippen molar-refractivity contribution in [3.05, 3.63) is 57.8 Å². The van der Waals surface area contributed by atoms with Gasteiger partial charge >= 0.3 is 0 Å². The summed E-state index contributed by atoms with van der Waals surface area (Å²) in [6.07, 6.45) is 1.61. The van der Waals surface area contributed by atoms with Crippen LogP contribution in [0.25, 0.3) is 0 Å². The maximum Gasteiger partial charge on any atom is 0.269 e. The van der Waals surface area contributed by atoms with Crippen molar-refractivity contribution in [2.24, 2.45) is 0 Å². The largest absolute Gasteiger partial charge is 0.325 e. The molecule has 0 aliphatic heterocycles. The maximum atomic E-state index is 12.0. The van der Waals surface area contributed by atoms with Crippen molar-refractivity contribution >= 4 is 40.8 Å². The molecule has 2 rings (SSSR count). The van der Waals surface area contributed by atoms with Gasteiger partial charge in [0.2, 0.25) is 11.8 Å². The molecular weight excluding hydrogens is 356 g/mol. The number of thioether (sulfide) groups is 1. The average molecular weight is 374 g/mol. The number of aryl methyl sites for hydroxylation is 2. The van der Waals surface area contributed by atoms with E-state index < -0.39 is 4.92 Å². The number of rotatable bonds is 7. The molecule has 2 amide bonds. The van der Waals surface area contributed by atoms with Crippen LogP contribution in [0.1, 0.15) is 11.1 Å². The van der Waals surface area contributed by atoms with E-state index in [0.717, 1.165) is 5.56 Å². The molecule has 0 fully saturated rings. The maximum absolute atomic E-state index is 12.0. The minimum absolute atomic E-state index is 0.0312. The number of nitrogens with one attached hydrogen (secondary N) is 2. The van der Waals surface area contributed by atoms with Crippen molar-refractivity contribution in [1.29, 1.82) is 0 Å². The van der Waals surface area contributed by atoms with Crippen molar-refractivity contribution in [2.45, 2.75) is 13.8 Å². The smallest absolute Gasteiger partial charge is 0.269 e. The summed E-state index contributed by atoms with van der Waals surface area (Å²) in [5.74, 6) is 0.148. The first-order valence-corrected chi connectivity index (χ1v) is 8.86. The quantitative estimate of drug-likeness (QED) is 0.569. The van der Waals surface area contributed by atoms with E-state index in [-0.39, 0.29) is 29.0 Å². The number of amides is 2. The Kier molecular flexibility index (Phi) is 6.67. The normalized spacial score (nSPS) is 10.2. The van der Waals surface area contributed by atoms with Gasteiger partial charge in [-0.2, -0.15) is 0 Å². The molecule has 1 heterocycles. The zero-order valence-electron chi connectivity index (χ0n) is 14.3. The lowest BCUT2D eigenvalue weighted by molar-refractivity contribution is -0.384. The van der Waals surface area contributed by atoms with Crippen LogP contribution in [0.5, 0.6) is 0 Å². The average Bonchev–Trinajstić information content (AvgIpc) is 2.56. The molecule has 26 heavy (non-hydrogen) atoms. The SMILES string of the molecule is Cc1ccnc(NC(=O)CSCC(=O)Nc2ccc([N+](=O)[O-])cc2C)c1. The fraction of sp³-hybridized carbons (Fsp3) is 0.235. The molecule has 1 aromatic carbocycles. The van der Waals surface area contributed by atoms with E-state index >= 15 is 0 Å². The van der Waals surface area contributed by atoms with Gasteiger partial charge in [0.1, 0.15) is 5.82 Å². The van der Waals surface area contributed by atoms with E-state index in [2.05, 4.69) is 15.6 Å². The Balaban J connectivity index is 1.78. The lowest BCUT2D eigenvalue weighted by atomic mass is 10.2. The Bertz CT molecular complexity index is 841. The molecule has 0 atom stereocenters. The van der Waals surface area contributed by atoms with E-state index in [9.17, 15) is 19.7 Å². The number of hydrogen-bond donors (Lipinski definition) is 2.